The van der Waals surface area contributed by atoms with Crippen LogP contribution in [0.5, 0.6) is 0 Å². The molecule has 1 amide bonds. The number of nitrogens with one attached hydrogen (secondary N) is 2. The number of hydrogen-bond acceptors (Lipinski definition) is 5. The van der Waals surface area contributed by atoms with E-state index in [4.69, 9.17) is 9.84 Å². The zero-order chi connectivity index (χ0) is 18.8. The number of aromatic carboxylic acids is 1. The van der Waals surface area contributed by atoms with Gasteiger partial charge < -0.3 is 15.2 Å². The molecule has 2 aromatic heterocycles. The first-order chi connectivity index (χ1) is 13.1. The maximum Gasteiger partial charge on any atom is 0.357 e. The summed E-state index contributed by atoms with van der Waals surface area (Å²) in [7, 11) is 0. The number of carboxylic acids is 1. The second-order valence-electron chi connectivity index (χ2n) is 6.49. The van der Waals surface area contributed by atoms with Crippen LogP contribution in [-0.4, -0.2) is 56.7 Å². The molecular weight excluding hydrogens is 350 g/mol. The Morgan fingerprint density at radius 1 is 1.41 bits per heavy atom. The molecule has 1 aromatic carbocycles. The summed E-state index contributed by atoms with van der Waals surface area (Å²) in [6, 6.07) is 4.81. The molecule has 1 fully saturated rings. The molecule has 0 radical (unpaired) electrons. The molecule has 0 saturated carbocycles. The number of rotatable bonds is 6. The van der Waals surface area contributed by atoms with Crippen LogP contribution in [0.1, 0.15) is 38.7 Å². The third-order valence-electron chi connectivity index (χ3n) is 4.71. The molecule has 9 nitrogen and oxygen atoms in total. The Morgan fingerprint density at radius 3 is 3.07 bits per heavy atom. The molecule has 9 heteroatoms. The summed E-state index contributed by atoms with van der Waals surface area (Å²) in [5, 5.41) is 23.1. The van der Waals surface area contributed by atoms with Crippen molar-refractivity contribution in [3.8, 4) is 0 Å². The van der Waals surface area contributed by atoms with Crippen molar-refractivity contribution in [1.82, 2.24) is 25.3 Å². The third kappa shape index (κ3) is 3.54. The maximum atomic E-state index is 12.4. The minimum atomic E-state index is -1.14. The number of carbonyl (C=O) groups is 2. The summed E-state index contributed by atoms with van der Waals surface area (Å²) in [4.78, 5) is 23.5. The number of benzene rings is 1. The van der Waals surface area contributed by atoms with Gasteiger partial charge in [-0.15, -0.1) is 0 Å². The highest BCUT2D eigenvalue weighted by Gasteiger charge is 2.19. The number of carboxylic acid groups (broad SMARTS) is 1. The van der Waals surface area contributed by atoms with Crippen molar-refractivity contribution in [3.63, 3.8) is 0 Å². The number of carbonyl (C=O) groups excluding carboxylic acids is 1. The van der Waals surface area contributed by atoms with Gasteiger partial charge >= 0.3 is 5.97 Å². The molecule has 0 bridgehead atoms. The Balaban J connectivity index is 1.37. The van der Waals surface area contributed by atoms with Crippen molar-refractivity contribution in [2.45, 2.75) is 18.9 Å². The monoisotopic (exact) mass is 369 g/mol. The lowest BCUT2D eigenvalue weighted by atomic mass is 10.0. The Morgan fingerprint density at radius 2 is 2.30 bits per heavy atom. The van der Waals surface area contributed by atoms with E-state index >= 15 is 0 Å². The van der Waals surface area contributed by atoms with E-state index in [-0.39, 0.29) is 11.6 Å². The predicted molar refractivity (Wildman–Crippen MR) is 95.8 cm³/mol. The minimum Gasteiger partial charge on any atom is -0.476 e. The van der Waals surface area contributed by atoms with E-state index in [1.807, 2.05) is 12.4 Å². The SMILES string of the molecule is O=C(NCCn1cc(C2CCOC2)cn1)c1ccc2[nH]nc(C(=O)O)c2c1. The van der Waals surface area contributed by atoms with Crippen molar-refractivity contribution >= 4 is 22.8 Å². The largest absolute Gasteiger partial charge is 0.476 e. The molecule has 140 valence electrons. The topological polar surface area (TPSA) is 122 Å². The van der Waals surface area contributed by atoms with E-state index in [1.165, 1.54) is 6.07 Å². The highest BCUT2D eigenvalue weighted by molar-refractivity contribution is 6.04. The highest BCUT2D eigenvalue weighted by Crippen LogP contribution is 2.24. The Labute approximate surface area is 154 Å². The average molecular weight is 369 g/mol. The molecule has 1 saturated heterocycles. The molecule has 0 aliphatic carbocycles. The second kappa shape index (κ2) is 7.20. The van der Waals surface area contributed by atoms with E-state index in [9.17, 15) is 9.59 Å². The smallest absolute Gasteiger partial charge is 0.357 e. The number of fused-ring (bicyclic) bond motifs is 1. The summed E-state index contributed by atoms with van der Waals surface area (Å²) in [5.74, 6) is -1.01. The number of nitrogens with zero attached hydrogens (tertiary/aromatic N) is 3. The number of aromatic amines is 1. The number of ether oxygens (including phenoxy) is 1. The molecule has 1 unspecified atom stereocenters. The normalized spacial score (nSPS) is 16.7. The summed E-state index contributed by atoms with van der Waals surface area (Å²) in [5.41, 5.74) is 2.02. The Bertz CT molecular complexity index is 987. The zero-order valence-electron chi connectivity index (χ0n) is 14.5. The minimum absolute atomic E-state index is 0.0976. The van der Waals surface area contributed by atoms with Crippen LogP contribution in [0.25, 0.3) is 10.9 Å². The van der Waals surface area contributed by atoms with Gasteiger partial charge in [0.2, 0.25) is 0 Å². The molecule has 3 N–H and O–H groups in total. The van der Waals surface area contributed by atoms with Gasteiger partial charge in [-0.2, -0.15) is 10.2 Å². The molecule has 3 aromatic rings. The number of amides is 1. The quantitative estimate of drug-likeness (QED) is 0.604. The number of aromatic nitrogens is 4. The van der Waals surface area contributed by atoms with Crippen LogP contribution in [-0.2, 0) is 11.3 Å². The van der Waals surface area contributed by atoms with Crippen molar-refractivity contribution in [2.24, 2.45) is 0 Å². The van der Waals surface area contributed by atoms with E-state index < -0.39 is 5.97 Å². The summed E-state index contributed by atoms with van der Waals surface area (Å²) in [6.45, 7) is 2.48. The molecule has 0 spiro atoms. The molecule has 1 atom stereocenters. The first kappa shape index (κ1) is 17.2. The van der Waals surface area contributed by atoms with E-state index in [0.29, 0.717) is 35.5 Å². The van der Waals surface area contributed by atoms with Crippen LogP contribution in [0, 0.1) is 0 Å². The standard InChI is InChI=1S/C18H19N5O4/c24-17(11-1-2-15-14(7-11)16(18(25)26)22-21-15)19-4-5-23-9-13(8-20-23)12-3-6-27-10-12/h1-2,7-9,12H,3-6,10H2,(H,19,24)(H,21,22)(H,25,26). The fourth-order valence-electron chi connectivity index (χ4n) is 3.21. The van der Waals surface area contributed by atoms with Gasteiger partial charge in [0.1, 0.15) is 0 Å². The molecule has 4 rings (SSSR count). The summed E-state index contributed by atoms with van der Waals surface area (Å²) < 4.78 is 7.19. The highest BCUT2D eigenvalue weighted by atomic mass is 16.5. The molecule has 1 aliphatic rings. The first-order valence-electron chi connectivity index (χ1n) is 8.71. The van der Waals surface area contributed by atoms with E-state index in [1.54, 1.807) is 16.8 Å². The first-order valence-corrected chi connectivity index (χ1v) is 8.71. The van der Waals surface area contributed by atoms with Crippen LogP contribution in [0.3, 0.4) is 0 Å². The van der Waals surface area contributed by atoms with Gasteiger partial charge in [0.05, 0.1) is 24.9 Å². The molecule has 1 aliphatic heterocycles. The van der Waals surface area contributed by atoms with E-state index in [2.05, 4.69) is 20.6 Å². The van der Waals surface area contributed by atoms with Gasteiger partial charge in [0.15, 0.2) is 5.69 Å². The van der Waals surface area contributed by atoms with E-state index in [0.717, 1.165) is 25.2 Å². The van der Waals surface area contributed by atoms with Crippen LogP contribution in [0.15, 0.2) is 30.6 Å². The number of H-pyrrole nitrogens is 1. The lowest BCUT2D eigenvalue weighted by Gasteiger charge is -2.06. The van der Waals surface area contributed by atoms with Crippen molar-refractivity contribution in [2.75, 3.05) is 19.8 Å². The summed E-state index contributed by atoms with van der Waals surface area (Å²) >= 11 is 0. The fourth-order valence-corrected chi connectivity index (χ4v) is 3.21. The van der Waals surface area contributed by atoms with Gasteiger partial charge in [0, 0.05) is 36.2 Å². The second-order valence-corrected chi connectivity index (χ2v) is 6.49. The van der Waals surface area contributed by atoms with Gasteiger partial charge in [-0.3, -0.25) is 14.6 Å². The predicted octanol–water partition coefficient (Wildman–Crippen LogP) is 1.39. The molecule has 3 heterocycles. The molecule has 27 heavy (non-hydrogen) atoms. The lowest BCUT2D eigenvalue weighted by molar-refractivity contribution is 0.0692. The Hall–Kier alpha value is -3.20. The average Bonchev–Trinajstić information content (AvgIpc) is 3.40. The van der Waals surface area contributed by atoms with Crippen LogP contribution >= 0.6 is 0 Å². The fraction of sp³-hybridized carbons (Fsp3) is 0.333. The van der Waals surface area contributed by atoms with Crippen molar-refractivity contribution < 1.29 is 19.4 Å². The third-order valence-corrected chi connectivity index (χ3v) is 4.71. The van der Waals surface area contributed by atoms with Gasteiger partial charge in [-0.05, 0) is 30.2 Å². The number of hydrogen-bond donors (Lipinski definition) is 3. The Kier molecular flexibility index (Phi) is 4.59. The van der Waals surface area contributed by atoms with Gasteiger partial charge in [-0.1, -0.05) is 0 Å². The summed E-state index contributed by atoms with van der Waals surface area (Å²) in [6.07, 6.45) is 4.85. The van der Waals surface area contributed by atoms with Crippen molar-refractivity contribution in [1.29, 1.82) is 0 Å². The zero-order valence-corrected chi connectivity index (χ0v) is 14.5. The van der Waals surface area contributed by atoms with Crippen LogP contribution in [0.2, 0.25) is 0 Å². The van der Waals surface area contributed by atoms with Crippen LogP contribution < -0.4 is 5.32 Å². The van der Waals surface area contributed by atoms with Crippen LogP contribution in [0.4, 0.5) is 0 Å². The van der Waals surface area contributed by atoms with Crippen molar-refractivity contribution in [3.05, 3.63) is 47.4 Å². The molecular formula is C18H19N5O4. The maximum absolute atomic E-state index is 12.4. The van der Waals surface area contributed by atoms with Gasteiger partial charge in [0.25, 0.3) is 5.91 Å². The van der Waals surface area contributed by atoms with Gasteiger partial charge in [-0.25, -0.2) is 4.79 Å². The lowest BCUT2D eigenvalue weighted by Crippen LogP contribution is -2.27.